The first-order valence-electron chi connectivity index (χ1n) is 9.28. The fourth-order valence-electron chi connectivity index (χ4n) is 2.61. The molecule has 0 radical (unpaired) electrons. The van der Waals surface area contributed by atoms with Gasteiger partial charge in [0.1, 0.15) is 5.01 Å². The maximum atomic E-state index is 12.5. The van der Waals surface area contributed by atoms with Gasteiger partial charge in [-0.05, 0) is 31.2 Å². The molecule has 0 saturated heterocycles. The molecule has 1 heterocycles. The number of sulfonamides is 1. The van der Waals surface area contributed by atoms with Gasteiger partial charge < -0.3 is 5.32 Å². The minimum absolute atomic E-state index is 0.119. The molecule has 2 aromatic carbocycles. The molecule has 1 aromatic heterocycles. The van der Waals surface area contributed by atoms with Crippen molar-refractivity contribution in [2.24, 2.45) is 0 Å². The standard InChI is InChI=1S/C21H23N3O3S2/c1-3-20(25)23-17-8-10-19(11-9-17)29(26,27)22-13-12-18-14-28-21(24-18)16-6-4-15(2)5-7-16/h4-11,14,22H,3,12-13H2,1-2H3,(H,23,25). The zero-order chi connectivity index (χ0) is 20.9. The molecular weight excluding hydrogens is 406 g/mol. The van der Waals surface area contributed by atoms with Crippen molar-refractivity contribution in [2.45, 2.75) is 31.6 Å². The molecule has 0 fully saturated rings. The molecule has 152 valence electrons. The van der Waals surface area contributed by atoms with Gasteiger partial charge in [-0.15, -0.1) is 11.3 Å². The summed E-state index contributed by atoms with van der Waals surface area (Å²) in [5, 5.41) is 5.57. The van der Waals surface area contributed by atoms with E-state index in [1.54, 1.807) is 30.4 Å². The van der Waals surface area contributed by atoms with Crippen LogP contribution in [-0.2, 0) is 21.2 Å². The lowest BCUT2D eigenvalue weighted by atomic mass is 10.2. The van der Waals surface area contributed by atoms with Crippen molar-refractivity contribution < 1.29 is 13.2 Å². The number of aromatic nitrogens is 1. The second kappa shape index (κ2) is 9.30. The average Bonchev–Trinajstić information content (AvgIpc) is 3.17. The van der Waals surface area contributed by atoms with Gasteiger partial charge in [0.15, 0.2) is 0 Å². The predicted molar refractivity (Wildman–Crippen MR) is 117 cm³/mol. The summed E-state index contributed by atoms with van der Waals surface area (Å²) in [5.41, 5.74) is 3.68. The fourth-order valence-corrected chi connectivity index (χ4v) is 4.51. The Morgan fingerprint density at radius 3 is 2.41 bits per heavy atom. The number of nitrogens with zero attached hydrogens (tertiary/aromatic N) is 1. The number of benzene rings is 2. The van der Waals surface area contributed by atoms with E-state index in [1.165, 1.54) is 17.7 Å². The number of hydrogen-bond donors (Lipinski definition) is 2. The summed E-state index contributed by atoms with van der Waals surface area (Å²) in [6.45, 7) is 4.05. The Morgan fingerprint density at radius 2 is 1.76 bits per heavy atom. The fraction of sp³-hybridized carbons (Fsp3) is 0.238. The molecule has 6 nitrogen and oxygen atoms in total. The molecule has 0 atom stereocenters. The van der Waals surface area contributed by atoms with Gasteiger partial charge in [-0.25, -0.2) is 18.1 Å². The van der Waals surface area contributed by atoms with Crippen LogP contribution in [0.15, 0.2) is 58.8 Å². The third kappa shape index (κ3) is 5.72. The molecule has 0 spiro atoms. The topological polar surface area (TPSA) is 88.2 Å². The Morgan fingerprint density at radius 1 is 1.07 bits per heavy atom. The largest absolute Gasteiger partial charge is 0.326 e. The van der Waals surface area contributed by atoms with Gasteiger partial charge in [-0.1, -0.05) is 36.8 Å². The van der Waals surface area contributed by atoms with Crippen molar-refractivity contribution in [1.29, 1.82) is 0 Å². The third-order valence-corrected chi connectivity index (χ3v) is 6.71. The van der Waals surface area contributed by atoms with E-state index in [4.69, 9.17) is 0 Å². The van der Waals surface area contributed by atoms with Crippen molar-refractivity contribution in [3.05, 3.63) is 65.2 Å². The van der Waals surface area contributed by atoms with Crippen LogP contribution in [0.2, 0.25) is 0 Å². The molecule has 0 aliphatic heterocycles. The van der Waals surface area contributed by atoms with E-state index < -0.39 is 10.0 Å². The molecule has 0 aliphatic rings. The molecule has 0 saturated carbocycles. The molecule has 3 rings (SSSR count). The van der Waals surface area contributed by atoms with E-state index in [0.29, 0.717) is 18.5 Å². The van der Waals surface area contributed by atoms with Gasteiger partial charge in [-0.2, -0.15) is 0 Å². The number of carbonyl (C=O) groups is 1. The van der Waals surface area contributed by atoms with E-state index >= 15 is 0 Å². The number of aryl methyl sites for hydroxylation is 1. The van der Waals surface area contributed by atoms with E-state index in [1.807, 2.05) is 36.6 Å². The normalized spacial score (nSPS) is 11.4. The van der Waals surface area contributed by atoms with Gasteiger partial charge in [0.2, 0.25) is 15.9 Å². The lowest BCUT2D eigenvalue weighted by Gasteiger charge is -2.08. The summed E-state index contributed by atoms with van der Waals surface area (Å²) in [5.74, 6) is -0.119. The summed E-state index contributed by atoms with van der Waals surface area (Å²) in [6, 6.07) is 14.3. The summed E-state index contributed by atoms with van der Waals surface area (Å²) < 4.78 is 27.5. The Balaban J connectivity index is 1.57. The number of hydrogen-bond acceptors (Lipinski definition) is 5. The van der Waals surface area contributed by atoms with Crippen LogP contribution in [-0.4, -0.2) is 25.9 Å². The van der Waals surface area contributed by atoms with Crippen LogP contribution < -0.4 is 10.0 Å². The Hall–Kier alpha value is -2.55. The monoisotopic (exact) mass is 429 g/mol. The summed E-state index contributed by atoms with van der Waals surface area (Å²) in [6.07, 6.45) is 0.871. The number of anilines is 1. The average molecular weight is 430 g/mol. The van der Waals surface area contributed by atoms with Crippen LogP contribution in [0.5, 0.6) is 0 Å². The number of thiazole rings is 1. The lowest BCUT2D eigenvalue weighted by Crippen LogP contribution is -2.26. The molecule has 3 aromatic rings. The van der Waals surface area contributed by atoms with Gasteiger partial charge >= 0.3 is 0 Å². The summed E-state index contributed by atoms with van der Waals surface area (Å²) in [4.78, 5) is 16.2. The molecule has 29 heavy (non-hydrogen) atoms. The predicted octanol–water partition coefficient (Wildman–Crippen LogP) is 3.99. The van der Waals surface area contributed by atoms with Crippen LogP contribution in [0.3, 0.4) is 0 Å². The Bertz CT molecular complexity index is 1070. The molecule has 8 heteroatoms. The van der Waals surface area contributed by atoms with Crippen molar-refractivity contribution in [2.75, 3.05) is 11.9 Å². The number of nitrogens with one attached hydrogen (secondary N) is 2. The minimum Gasteiger partial charge on any atom is -0.326 e. The Labute approximate surface area is 175 Å². The quantitative estimate of drug-likeness (QED) is 0.567. The molecule has 1 amide bonds. The van der Waals surface area contributed by atoms with Crippen molar-refractivity contribution in [1.82, 2.24) is 9.71 Å². The zero-order valence-electron chi connectivity index (χ0n) is 16.3. The number of amides is 1. The SMILES string of the molecule is CCC(=O)Nc1ccc(S(=O)(=O)NCCc2csc(-c3ccc(C)cc3)n2)cc1. The first-order valence-corrected chi connectivity index (χ1v) is 11.6. The molecule has 2 N–H and O–H groups in total. The van der Waals surface area contributed by atoms with Crippen LogP contribution >= 0.6 is 11.3 Å². The van der Waals surface area contributed by atoms with Gasteiger partial charge in [0.05, 0.1) is 10.6 Å². The molecule has 0 unspecified atom stereocenters. The van der Waals surface area contributed by atoms with Gasteiger partial charge in [0, 0.05) is 36.0 Å². The summed E-state index contributed by atoms with van der Waals surface area (Å²) >= 11 is 1.55. The molecular formula is C21H23N3O3S2. The van der Waals surface area contributed by atoms with Crippen molar-refractivity contribution in [3.63, 3.8) is 0 Å². The van der Waals surface area contributed by atoms with Crippen molar-refractivity contribution >= 4 is 33.0 Å². The van der Waals surface area contributed by atoms with Crippen LogP contribution in [0.4, 0.5) is 5.69 Å². The first kappa shape index (κ1) is 21.2. The van der Waals surface area contributed by atoms with E-state index in [-0.39, 0.29) is 17.3 Å². The maximum Gasteiger partial charge on any atom is 0.240 e. The summed E-state index contributed by atoms with van der Waals surface area (Å²) in [7, 11) is -3.62. The van der Waals surface area contributed by atoms with Crippen LogP contribution in [0.25, 0.3) is 10.6 Å². The highest BCUT2D eigenvalue weighted by Gasteiger charge is 2.14. The second-order valence-corrected chi connectivity index (χ2v) is 9.21. The molecule has 0 aliphatic carbocycles. The lowest BCUT2D eigenvalue weighted by molar-refractivity contribution is -0.115. The highest BCUT2D eigenvalue weighted by atomic mass is 32.2. The van der Waals surface area contributed by atoms with E-state index in [9.17, 15) is 13.2 Å². The van der Waals surface area contributed by atoms with Gasteiger partial charge in [0.25, 0.3) is 0 Å². The minimum atomic E-state index is -3.62. The second-order valence-electron chi connectivity index (χ2n) is 6.58. The molecule has 0 bridgehead atoms. The van der Waals surface area contributed by atoms with Gasteiger partial charge in [-0.3, -0.25) is 4.79 Å². The smallest absolute Gasteiger partial charge is 0.240 e. The third-order valence-electron chi connectivity index (χ3n) is 4.29. The van der Waals surface area contributed by atoms with Crippen LogP contribution in [0, 0.1) is 6.92 Å². The van der Waals surface area contributed by atoms with Crippen LogP contribution in [0.1, 0.15) is 24.6 Å². The van der Waals surface area contributed by atoms with Crippen molar-refractivity contribution in [3.8, 4) is 10.6 Å². The highest BCUT2D eigenvalue weighted by Crippen LogP contribution is 2.24. The first-order chi connectivity index (χ1) is 13.9. The maximum absolute atomic E-state index is 12.5. The highest BCUT2D eigenvalue weighted by molar-refractivity contribution is 7.89. The van der Waals surface area contributed by atoms with E-state index in [2.05, 4.69) is 15.0 Å². The van der Waals surface area contributed by atoms with E-state index in [0.717, 1.165) is 16.3 Å². The zero-order valence-corrected chi connectivity index (χ0v) is 17.9. The number of carbonyl (C=O) groups excluding carboxylic acids is 1. The Kier molecular flexibility index (Phi) is 6.79. The number of rotatable bonds is 8.